The SMILES string of the molecule is CCC1CN(c2nc(C)nc(OC)c2C)CCO1. The molecular formula is C13H21N3O2. The van der Waals surface area contributed by atoms with Crippen LogP contribution in [0.15, 0.2) is 0 Å². The Bertz CT molecular complexity index is 423. The molecule has 0 aromatic carbocycles. The Morgan fingerprint density at radius 3 is 2.83 bits per heavy atom. The summed E-state index contributed by atoms with van der Waals surface area (Å²) in [6.07, 6.45) is 1.32. The van der Waals surface area contributed by atoms with Crippen LogP contribution in [0.2, 0.25) is 0 Å². The summed E-state index contributed by atoms with van der Waals surface area (Å²) in [7, 11) is 1.65. The lowest BCUT2D eigenvalue weighted by Crippen LogP contribution is -2.43. The fraction of sp³-hybridized carbons (Fsp3) is 0.692. The normalized spacial score (nSPS) is 20.0. The smallest absolute Gasteiger partial charge is 0.221 e. The van der Waals surface area contributed by atoms with Crippen LogP contribution >= 0.6 is 0 Å². The molecule has 0 aliphatic carbocycles. The zero-order valence-electron chi connectivity index (χ0n) is 11.6. The highest BCUT2D eigenvalue weighted by Gasteiger charge is 2.23. The van der Waals surface area contributed by atoms with Crippen LogP contribution in [0.3, 0.4) is 0 Å². The van der Waals surface area contributed by atoms with Gasteiger partial charge in [-0.25, -0.2) is 4.98 Å². The van der Waals surface area contributed by atoms with Crippen LogP contribution in [-0.4, -0.2) is 42.9 Å². The Hall–Kier alpha value is -1.36. The van der Waals surface area contributed by atoms with Crippen LogP contribution in [-0.2, 0) is 4.74 Å². The third-order valence-electron chi connectivity index (χ3n) is 3.27. The molecule has 0 bridgehead atoms. The molecule has 1 aliphatic heterocycles. The van der Waals surface area contributed by atoms with E-state index in [1.54, 1.807) is 7.11 Å². The second-order valence-corrected chi connectivity index (χ2v) is 4.58. The predicted molar refractivity (Wildman–Crippen MR) is 70.3 cm³/mol. The summed E-state index contributed by atoms with van der Waals surface area (Å²) >= 11 is 0. The lowest BCUT2D eigenvalue weighted by Gasteiger charge is -2.34. The van der Waals surface area contributed by atoms with Crippen molar-refractivity contribution in [1.29, 1.82) is 0 Å². The van der Waals surface area contributed by atoms with Crippen LogP contribution < -0.4 is 9.64 Å². The van der Waals surface area contributed by atoms with E-state index in [1.807, 2.05) is 13.8 Å². The molecule has 1 aromatic heterocycles. The zero-order chi connectivity index (χ0) is 13.1. The molecule has 1 aliphatic rings. The molecule has 1 fully saturated rings. The monoisotopic (exact) mass is 251 g/mol. The Morgan fingerprint density at radius 1 is 1.39 bits per heavy atom. The maximum absolute atomic E-state index is 5.69. The second-order valence-electron chi connectivity index (χ2n) is 4.58. The highest BCUT2D eigenvalue weighted by molar-refractivity contribution is 5.51. The van der Waals surface area contributed by atoms with Gasteiger partial charge < -0.3 is 14.4 Å². The lowest BCUT2D eigenvalue weighted by molar-refractivity contribution is 0.0381. The highest BCUT2D eigenvalue weighted by Crippen LogP contribution is 2.26. The highest BCUT2D eigenvalue weighted by atomic mass is 16.5. The van der Waals surface area contributed by atoms with Crippen LogP contribution in [0, 0.1) is 13.8 Å². The number of hydrogen-bond donors (Lipinski definition) is 0. The molecule has 0 N–H and O–H groups in total. The number of methoxy groups -OCH3 is 1. The van der Waals surface area contributed by atoms with E-state index in [1.165, 1.54) is 0 Å². The van der Waals surface area contributed by atoms with Crippen LogP contribution in [0.25, 0.3) is 0 Å². The number of rotatable bonds is 3. The Morgan fingerprint density at radius 2 is 2.17 bits per heavy atom. The van der Waals surface area contributed by atoms with E-state index in [4.69, 9.17) is 9.47 Å². The zero-order valence-corrected chi connectivity index (χ0v) is 11.6. The van der Waals surface area contributed by atoms with Gasteiger partial charge in [0.1, 0.15) is 11.6 Å². The summed E-state index contributed by atoms with van der Waals surface area (Å²) in [6.45, 7) is 8.55. The van der Waals surface area contributed by atoms with Gasteiger partial charge in [-0.3, -0.25) is 0 Å². The Kier molecular flexibility index (Phi) is 4.01. The number of anilines is 1. The van der Waals surface area contributed by atoms with E-state index < -0.39 is 0 Å². The van der Waals surface area contributed by atoms with Crippen molar-refractivity contribution in [2.45, 2.75) is 33.3 Å². The number of ether oxygens (including phenoxy) is 2. The van der Waals surface area contributed by atoms with Crippen molar-refractivity contribution in [3.8, 4) is 5.88 Å². The molecule has 0 amide bonds. The van der Waals surface area contributed by atoms with Gasteiger partial charge in [-0.05, 0) is 20.3 Å². The molecule has 5 nitrogen and oxygen atoms in total. The fourth-order valence-corrected chi connectivity index (χ4v) is 2.25. The number of aryl methyl sites for hydroxylation is 1. The first-order valence-corrected chi connectivity index (χ1v) is 6.41. The van der Waals surface area contributed by atoms with Gasteiger partial charge in [0.2, 0.25) is 5.88 Å². The van der Waals surface area contributed by atoms with Gasteiger partial charge in [-0.15, -0.1) is 0 Å². The van der Waals surface area contributed by atoms with Crippen molar-refractivity contribution < 1.29 is 9.47 Å². The molecule has 1 aromatic rings. The maximum atomic E-state index is 5.69. The van der Waals surface area contributed by atoms with E-state index in [-0.39, 0.29) is 0 Å². The molecule has 1 saturated heterocycles. The fourth-order valence-electron chi connectivity index (χ4n) is 2.25. The Labute approximate surface area is 108 Å². The minimum Gasteiger partial charge on any atom is -0.481 e. The number of hydrogen-bond acceptors (Lipinski definition) is 5. The van der Waals surface area contributed by atoms with Gasteiger partial charge in [-0.1, -0.05) is 6.92 Å². The predicted octanol–water partition coefficient (Wildman–Crippen LogP) is 1.72. The van der Waals surface area contributed by atoms with Gasteiger partial charge in [-0.2, -0.15) is 4.98 Å². The standard InChI is InChI=1S/C13H21N3O2/c1-5-11-8-16(6-7-18-11)12-9(2)13(17-4)15-10(3)14-12/h11H,5-8H2,1-4H3. The summed E-state index contributed by atoms with van der Waals surface area (Å²) in [5, 5.41) is 0. The summed E-state index contributed by atoms with van der Waals surface area (Å²) in [6, 6.07) is 0. The molecule has 1 atom stereocenters. The molecule has 2 heterocycles. The third kappa shape index (κ3) is 2.56. The summed E-state index contributed by atoms with van der Waals surface area (Å²) < 4.78 is 11.0. The van der Waals surface area contributed by atoms with Crippen molar-refractivity contribution in [2.24, 2.45) is 0 Å². The van der Waals surface area contributed by atoms with Gasteiger partial charge in [0.15, 0.2) is 0 Å². The molecule has 2 rings (SSSR count). The van der Waals surface area contributed by atoms with Crippen molar-refractivity contribution in [3.63, 3.8) is 0 Å². The first-order valence-electron chi connectivity index (χ1n) is 6.41. The van der Waals surface area contributed by atoms with Crippen LogP contribution in [0.1, 0.15) is 24.7 Å². The number of nitrogens with zero attached hydrogens (tertiary/aromatic N) is 3. The van der Waals surface area contributed by atoms with Gasteiger partial charge >= 0.3 is 0 Å². The number of morpholine rings is 1. The average molecular weight is 251 g/mol. The molecule has 0 saturated carbocycles. The summed E-state index contributed by atoms with van der Waals surface area (Å²) in [4.78, 5) is 11.1. The molecule has 5 heteroatoms. The van der Waals surface area contributed by atoms with Crippen molar-refractivity contribution in [2.75, 3.05) is 31.7 Å². The molecule has 100 valence electrons. The first-order chi connectivity index (χ1) is 8.65. The van der Waals surface area contributed by atoms with Crippen molar-refractivity contribution in [3.05, 3.63) is 11.4 Å². The first kappa shape index (κ1) is 13.1. The minimum absolute atomic E-state index is 0.291. The van der Waals surface area contributed by atoms with Crippen LogP contribution in [0.5, 0.6) is 5.88 Å². The third-order valence-corrected chi connectivity index (χ3v) is 3.27. The Balaban J connectivity index is 2.29. The van der Waals surface area contributed by atoms with Gasteiger partial charge in [0.05, 0.1) is 25.4 Å². The van der Waals surface area contributed by atoms with Gasteiger partial charge in [0.25, 0.3) is 0 Å². The van der Waals surface area contributed by atoms with Crippen molar-refractivity contribution >= 4 is 5.82 Å². The van der Waals surface area contributed by atoms with E-state index in [9.17, 15) is 0 Å². The summed E-state index contributed by atoms with van der Waals surface area (Å²) in [5.74, 6) is 2.38. The molecular weight excluding hydrogens is 230 g/mol. The largest absolute Gasteiger partial charge is 0.481 e. The maximum Gasteiger partial charge on any atom is 0.221 e. The van der Waals surface area contributed by atoms with Crippen molar-refractivity contribution in [1.82, 2.24) is 9.97 Å². The quantitative estimate of drug-likeness (QED) is 0.818. The summed E-state index contributed by atoms with van der Waals surface area (Å²) in [5.41, 5.74) is 1.000. The minimum atomic E-state index is 0.291. The van der Waals surface area contributed by atoms with Crippen LogP contribution in [0.4, 0.5) is 5.82 Å². The molecule has 0 spiro atoms. The van der Waals surface area contributed by atoms with E-state index >= 15 is 0 Å². The van der Waals surface area contributed by atoms with E-state index in [2.05, 4.69) is 21.8 Å². The van der Waals surface area contributed by atoms with Gasteiger partial charge in [0, 0.05) is 13.1 Å². The van der Waals surface area contributed by atoms with E-state index in [0.717, 1.165) is 43.3 Å². The molecule has 18 heavy (non-hydrogen) atoms. The average Bonchev–Trinajstić information content (AvgIpc) is 2.41. The van der Waals surface area contributed by atoms with E-state index in [0.29, 0.717) is 12.0 Å². The lowest BCUT2D eigenvalue weighted by atomic mass is 10.2. The molecule has 0 radical (unpaired) electrons. The number of aromatic nitrogens is 2. The topological polar surface area (TPSA) is 47.5 Å². The molecule has 1 unspecified atom stereocenters. The second kappa shape index (κ2) is 5.52.